The average Bonchev–Trinajstić information content (AvgIpc) is 3.42. The summed E-state index contributed by atoms with van der Waals surface area (Å²) in [7, 11) is 0. The van der Waals surface area contributed by atoms with Gasteiger partial charge in [-0.2, -0.15) is 0 Å². The molecule has 0 radical (unpaired) electrons. The van der Waals surface area contributed by atoms with Gasteiger partial charge in [-0.05, 0) is 41.6 Å². The van der Waals surface area contributed by atoms with E-state index in [4.69, 9.17) is 11.5 Å². The zero-order valence-electron chi connectivity index (χ0n) is 24.2. The van der Waals surface area contributed by atoms with Gasteiger partial charge in [0.15, 0.2) is 5.03 Å². The van der Waals surface area contributed by atoms with Gasteiger partial charge in [-0.1, -0.05) is 84.9 Å². The number of hydrogen-bond donors (Lipinski definition) is 4. The van der Waals surface area contributed by atoms with Crippen molar-refractivity contribution in [2.75, 3.05) is 19.6 Å². The highest BCUT2D eigenvalue weighted by atomic mass is 16.7. The summed E-state index contributed by atoms with van der Waals surface area (Å²) in [5.74, 6) is -2.50. The minimum atomic E-state index is -1.07. The van der Waals surface area contributed by atoms with Crippen LogP contribution in [0.1, 0.15) is 41.0 Å². The highest BCUT2D eigenvalue weighted by Gasteiger charge is 2.35. The number of nitrogens with zero attached hydrogens (tertiary/aromatic N) is 4. The largest absolute Gasteiger partial charge is 0.364 e. The number of hydrogen-bond acceptors (Lipinski definition) is 6. The number of nitrogens with one attached hydrogen (secondary N) is 2. The second kappa shape index (κ2) is 15.3. The number of amides is 4. The van der Waals surface area contributed by atoms with Crippen LogP contribution in [-0.2, 0) is 22.7 Å². The van der Waals surface area contributed by atoms with E-state index in [2.05, 4.69) is 15.7 Å². The highest BCUT2D eigenvalue weighted by Crippen LogP contribution is 2.29. The van der Waals surface area contributed by atoms with Gasteiger partial charge in [0, 0.05) is 26.2 Å². The average molecular weight is 601 g/mol. The summed E-state index contributed by atoms with van der Waals surface area (Å²) >= 11 is 0. The first-order chi connectivity index (χ1) is 21.3. The lowest BCUT2D eigenvalue weighted by Gasteiger charge is -2.34. The fraction of sp³-hybridized carbons (Fsp3) is 0.290. The SMILES string of the molecule is NCCC[C@@H](C(=O)NC(N)=N[N+](=O)[O-])N(Cc1ccc(CN2CCNC2=O)cc1)C(=O)C(c1ccccc1)c1ccccc1. The van der Waals surface area contributed by atoms with Gasteiger partial charge in [-0.25, -0.2) is 14.9 Å². The molecule has 0 bridgehead atoms. The summed E-state index contributed by atoms with van der Waals surface area (Å²) in [4.78, 5) is 54.3. The van der Waals surface area contributed by atoms with Crippen LogP contribution in [0.15, 0.2) is 90.0 Å². The van der Waals surface area contributed by atoms with Crippen molar-refractivity contribution < 1.29 is 19.4 Å². The van der Waals surface area contributed by atoms with Crippen LogP contribution in [-0.4, -0.2) is 64.3 Å². The normalized spacial score (nSPS) is 13.8. The molecule has 0 saturated carbocycles. The Hall–Kier alpha value is -5.30. The number of guanidine groups is 1. The summed E-state index contributed by atoms with van der Waals surface area (Å²) in [6.07, 6.45) is 0.574. The van der Waals surface area contributed by atoms with Crippen molar-refractivity contribution in [1.29, 1.82) is 0 Å². The maximum Gasteiger partial charge on any atom is 0.317 e. The topological polar surface area (TPSA) is 189 Å². The molecule has 13 nitrogen and oxygen atoms in total. The molecule has 0 aromatic heterocycles. The van der Waals surface area contributed by atoms with Crippen LogP contribution in [0.5, 0.6) is 0 Å². The van der Waals surface area contributed by atoms with Crippen molar-refractivity contribution in [3.63, 3.8) is 0 Å². The number of urea groups is 1. The van der Waals surface area contributed by atoms with Gasteiger partial charge in [-0.15, -0.1) is 0 Å². The number of hydrazone groups is 1. The van der Waals surface area contributed by atoms with Crippen LogP contribution in [0.25, 0.3) is 0 Å². The smallest absolute Gasteiger partial charge is 0.317 e. The van der Waals surface area contributed by atoms with Crippen LogP contribution < -0.4 is 22.1 Å². The van der Waals surface area contributed by atoms with E-state index in [-0.39, 0.29) is 31.4 Å². The summed E-state index contributed by atoms with van der Waals surface area (Å²) in [6, 6.07) is 24.8. The molecule has 1 saturated heterocycles. The molecule has 1 aliphatic heterocycles. The Morgan fingerprint density at radius 1 is 1.00 bits per heavy atom. The van der Waals surface area contributed by atoms with E-state index in [9.17, 15) is 24.5 Å². The molecular weight excluding hydrogens is 564 g/mol. The molecule has 0 spiro atoms. The number of nitro groups is 1. The number of benzene rings is 3. The van der Waals surface area contributed by atoms with Crippen LogP contribution >= 0.6 is 0 Å². The first-order valence-electron chi connectivity index (χ1n) is 14.3. The molecule has 3 aromatic carbocycles. The van der Waals surface area contributed by atoms with Gasteiger partial charge >= 0.3 is 6.03 Å². The van der Waals surface area contributed by atoms with E-state index in [0.717, 1.165) is 22.3 Å². The lowest BCUT2D eigenvalue weighted by Crippen LogP contribution is -2.53. The highest BCUT2D eigenvalue weighted by molar-refractivity contribution is 6.00. The predicted molar refractivity (Wildman–Crippen MR) is 164 cm³/mol. The first kappa shape index (κ1) is 31.6. The second-order valence-corrected chi connectivity index (χ2v) is 10.3. The van der Waals surface area contributed by atoms with Gasteiger partial charge in [-0.3, -0.25) is 14.9 Å². The lowest BCUT2D eigenvalue weighted by atomic mass is 9.89. The molecule has 3 aromatic rings. The van der Waals surface area contributed by atoms with E-state index in [1.165, 1.54) is 4.90 Å². The molecular formula is C31H36N8O5. The van der Waals surface area contributed by atoms with Gasteiger partial charge < -0.3 is 26.6 Å². The molecule has 230 valence electrons. The third kappa shape index (κ3) is 8.38. The van der Waals surface area contributed by atoms with Gasteiger partial charge in [0.1, 0.15) is 11.1 Å². The standard InChI is InChI=1S/C31H36N8O5/c32-17-7-12-26(28(40)35-30(33)36-39(43)44)38(21-23-15-13-22(14-16-23)20-37-19-18-34-31(37)42)29(41)27(24-8-3-1-4-9-24)25-10-5-2-6-11-25/h1-6,8-11,13-16,26-27H,7,12,17-21,32H2,(H,34,42)(H3,33,35,36,40)/t26-/m0/s1. The molecule has 13 heteroatoms. The molecule has 1 fully saturated rings. The van der Waals surface area contributed by atoms with Crippen molar-refractivity contribution in [3.8, 4) is 0 Å². The molecule has 4 amide bonds. The summed E-state index contributed by atoms with van der Waals surface area (Å²) in [6.45, 7) is 1.96. The Kier molecular flexibility index (Phi) is 11.0. The number of carbonyl (C=O) groups excluding carboxylic acids is 3. The molecule has 1 atom stereocenters. The van der Waals surface area contributed by atoms with Crippen LogP contribution in [0, 0.1) is 10.1 Å². The summed E-state index contributed by atoms with van der Waals surface area (Å²) < 4.78 is 0. The lowest BCUT2D eigenvalue weighted by molar-refractivity contribution is -0.485. The van der Waals surface area contributed by atoms with Crippen molar-refractivity contribution in [1.82, 2.24) is 20.4 Å². The van der Waals surface area contributed by atoms with Gasteiger partial charge in [0.25, 0.3) is 5.96 Å². The fourth-order valence-electron chi connectivity index (χ4n) is 5.17. The Morgan fingerprint density at radius 3 is 2.11 bits per heavy atom. The number of nitrogens with two attached hydrogens (primary N) is 2. The molecule has 1 aliphatic rings. The van der Waals surface area contributed by atoms with Crippen LogP contribution in [0.4, 0.5) is 4.79 Å². The third-order valence-electron chi connectivity index (χ3n) is 7.29. The van der Waals surface area contributed by atoms with E-state index in [1.807, 2.05) is 84.9 Å². The zero-order valence-corrected chi connectivity index (χ0v) is 24.2. The number of rotatable bonds is 13. The summed E-state index contributed by atoms with van der Waals surface area (Å²) in [5.41, 5.74) is 14.6. The fourth-order valence-corrected chi connectivity index (χ4v) is 5.17. The number of carbonyl (C=O) groups is 3. The monoisotopic (exact) mass is 600 g/mol. The van der Waals surface area contributed by atoms with E-state index in [0.29, 0.717) is 26.1 Å². The Bertz CT molecular complexity index is 1430. The second-order valence-electron chi connectivity index (χ2n) is 10.3. The zero-order chi connectivity index (χ0) is 31.5. The minimum absolute atomic E-state index is 0.0500. The van der Waals surface area contributed by atoms with Crippen LogP contribution in [0.3, 0.4) is 0 Å². The quantitative estimate of drug-likeness (QED) is 0.1000. The van der Waals surface area contributed by atoms with Crippen molar-refractivity contribution in [3.05, 3.63) is 117 Å². The molecule has 0 aliphatic carbocycles. The maximum atomic E-state index is 14.6. The Labute approximate surface area is 255 Å². The van der Waals surface area contributed by atoms with Crippen molar-refractivity contribution in [2.45, 2.75) is 37.9 Å². The Morgan fingerprint density at radius 2 is 1.59 bits per heavy atom. The predicted octanol–water partition coefficient (Wildman–Crippen LogP) is 2.10. The van der Waals surface area contributed by atoms with Crippen LogP contribution in [0.2, 0.25) is 0 Å². The van der Waals surface area contributed by atoms with E-state index >= 15 is 0 Å². The minimum Gasteiger partial charge on any atom is -0.364 e. The van der Waals surface area contributed by atoms with E-state index in [1.54, 1.807) is 4.90 Å². The first-order valence-corrected chi connectivity index (χ1v) is 14.3. The Balaban J connectivity index is 1.72. The maximum absolute atomic E-state index is 14.6. The molecule has 4 rings (SSSR count). The van der Waals surface area contributed by atoms with Crippen molar-refractivity contribution >= 4 is 23.8 Å². The molecule has 0 unspecified atom stereocenters. The molecule has 6 N–H and O–H groups in total. The van der Waals surface area contributed by atoms with E-state index < -0.39 is 28.9 Å². The molecule has 44 heavy (non-hydrogen) atoms. The summed E-state index contributed by atoms with van der Waals surface area (Å²) in [5, 5.41) is 17.9. The third-order valence-corrected chi connectivity index (χ3v) is 7.29. The van der Waals surface area contributed by atoms with Crippen molar-refractivity contribution in [2.24, 2.45) is 16.6 Å². The van der Waals surface area contributed by atoms with Gasteiger partial charge in [0.05, 0.1) is 5.92 Å². The molecule has 1 heterocycles. The van der Waals surface area contributed by atoms with Gasteiger partial charge in [0.2, 0.25) is 11.8 Å².